The van der Waals surface area contributed by atoms with E-state index in [2.05, 4.69) is 0 Å². The molecule has 3 N–H and O–H groups in total. The van der Waals surface area contributed by atoms with Gasteiger partial charge in [0.1, 0.15) is 0 Å². The molecule has 0 aliphatic heterocycles. The molecule has 9 heteroatoms. The SMILES string of the molecule is O=C(O)C(=O)CCCCCCl.O=C(O)O.[NaH].[NaH]. The Morgan fingerprint density at radius 2 is 1.29 bits per heavy atom. The summed E-state index contributed by atoms with van der Waals surface area (Å²) < 4.78 is 0. The number of carbonyl (C=O) groups is 3. The Kier molecular flexibility index (Phi) is 29.5. The molecule has 0 aromatic heterocycles. The number of ketones is 1. The van der Waals surface area contributed by atoms with Gasteiger partial charge in [-0.2, -0.15) is 0 Å². The molecular formula is C8H15ClNa2O6. The average molecular weight is 289 g/mol. The maximum absolute atomic E-state index is 10.5. The van der Waals surface area contributed by atoms with Crippen LogP contribution in [0, 0.1) is 0 Å². The Hall–Kier alpha value is 0.700. The van der Waals surface area contributed by atoms with Crippen LogP contribution < -0.4 is 0 Å². The van der Waals surface area contributed by atoms with Gasteiger partial charge >= 0.3 is 71.2 Å². The summed E-state index contributed by atoms with van der Waals surface area (Å²) in [5.41, 5.74) is 0. The summed E-state index contributed by atoms with van der Waals surface area (Å²) in [4.78, 5) is 29.0. The summed E-state index contributed by atoms with van der Waals surface area (Å²) in [6.45, 7) is 0. The van der Waals surface area contributed by atoms with Crippen molar-refractivity contribution < 1.29 is 29.7 Å². The zero-order valence-electron chi connectivity index (χ0n) is 7.98. The third-order valence-electron chi connectivity index (χ3n) is 1.28. The molecule has 0 aromatic carbocycles. The first-order valence-corrected chi connectivity index (χ1v) is 4.69. The van der Waals surface area contributed by atoms with E-state index >= 15 is 0 Å². The normalized spacial score (nSPS) is 7.59. The van der Waals surface area contributed by atoms with Crippen LogP contribution >= 0.6 is 11.6 Å². The monoisotopic (exact) mass is 288 g/mol. The van der Waals surface area contributed by atoms with Gasteiger partial charge in [0.15, 0.2) is 0 Å². The van der Waals surface area contributed by atoms with Gasteiger partial charge < -0.3 is 15.3 Å². The number of hydrogen-bond donors (Lipinski definition) is 3. The van der Waals surface area contributed by atoms with Crippen molar-refractivity contribution >= 4 is 88.6 Å². The van der Waals surface area contributed by atoms with Gasteiger partial charge in [0.25, 0.3) is 0 Å². The number of carboxylic acids is 1. The predicted octanol–water partition coefficient (Wildman–Crippen LogP) is 0.365. The molecule has 0 saturated carbocycles. The van der Waals surface area contributed by atoms with Gasteiger partial charge in [0, 0.05) is 12.3 Å². The molecule has 0 spiro atoms. The van der Waals surface area contributed by atoms with E-state index < -0.39 is 17.9 Å². The first-order chi connectivity index (χ1) is 6.91. The molecule has 0 unspecified atom stereocenters. The molecule has 0 atom stereocenters. The first kappa shape index (κ1) is 26.3. The fourth-order valence-electron chi connectivity index (χ4n) is 0.664. The second-order valence-electron chi connectivity index (χ2n) is 2.51. The third-order valence-corrected chi connectivity index (χ3v) is 1.54. The van der Waals surface area contributed by atoms with Crippen LogP contribution in [0.1, 0.15) is 25.7 Å². The number of Topliss-reactive ketones (excluding diaryl/α,β-unsaturated/α-hetero) is 1. The van der Waals surface area contributed by atoms with E-state index in [1.807, 2.05) is 0 Å². The van der Waals surface area contributed by atoms with E-state index in [1.54, 1.807) is 0 Å². The molecule has 0 bridgehead atoms. The van der Waals surface area contributed by atoms with E-state index in [9.17, 15) is 9.59 Å². The van der Waals surface area contributed by atoms with Crippen LogP contribution in [0.3, 0.4) is 0 Å². The summed E-state index contributed by atoms with van der Waals surface area (Å²) in [6, 6.07) is 0. The topological polar surface area (TPSA) is 112 Å². The Morgan fingerprint density at radius 1 is 0.882 bits per heavy atom. The van der Waals surface area contributed by atoms with Crippen LogP contribution in [0.2, 0.25) is 0 Å². The number of rotatable bonds is 6. The Bertz CT molecular complexity index is 220. The van der Waals surface area contributed by atoms with Gasteiger partial charge in [0.2, 0.25) is 5.78 Å². The van der Waals surface area contributed by atoms with Gasteiger partial charge in [-0.25, -0.2) is 9.59 Å². The molecule has 17 heavy (non-hydrogen) atoms. The van der Waals surface area contributed by atoms with Crippen LogP contribution in [0.5, 0.6) is 0 Å². The van der Waals surface area contributed by atoms with Crippen LogP contribution in [0.25, 0.3) is 0 Å². The van der Waals surface area contributed by atoms with E-state index in [0.717, 1.165) is 12.8 Å². The average Bonchev–Trinajstić information content (AvgIpc) is 2.11. The molecule has 92 valence electrons. The fourth-order valence-corrected chi connectivity index (χ4v) is 0.853. The minimum absolute atomic E-state index is 0. The quantitative estimate of drug-likeness (QED) is 0.282. The van der Waals surface area contributed by atoms with Crippen LogP contribution in [-0.2, 0) is 9.59 Å². The predicted molar refractivity (Wildman–Crippen MR) is 66.8 cm³/mol. The Balaban J connectivity index is -0.000000123. The number of alkyl halides is 1. The van der Waals surface area contributed by atoms with Gasteiger partial charge in [-0.15, -0.1) is 11.6 Å². The summed E-state index contributed by atoms with van der Waals surface area (Å²) in [6.07, 6.45) is 0.584. The molecule has 6 nitrogen and oxygen atoms in total. The van der Waals surface area contributed by atoms with Crippen molar-refractivity contribution in [1.29, 1.82) is 0 Å². The van der Waals surface area contributed by atoms with Crippen molar-refractivity contribution in [1.82, 2.24) is 0 Å². The molecule has 0 rings (SSSR count). The number of hydrogen-bond acceptors (Lipinski definition) is 3. The number of unbranched alkanes of at least 4 members (excludes halogenated alkanes) is 2. The fraction of sp³-hybridized carbons (Fsp3) is 0.625. The summed E-state index contributed by atoms with van der Waals surface area (Å²) in [5, 5.41) is 22.1. The van der Waals surface area contributed by atoms with Crippen molar-refractivity contribution in [2.45, 2.75) is 25.7 Å². The molecule has 0 amide bonds. The number of halogens is 1. The van der Waals surface area contributed by atoms with E-state index in [0.29, 0.717) is 12.3 Å². The van der Waals surface area contributed by atoms with Gasteiger partial charge in [-0.1, -0.05) is 6.42 Å². The summed E-state index contributed by atoms with van der Waals surface area (Å²) in [5.74, 6) is -1.48. The van der Waals surface area contributed by atoms with E-state index in [-0.39, 0.29) is 65.5 Å². The van der Waals surface area contributed by atoms with Gasteiger partial charge in [0.05, 0.1) is 0 Å². The standard InChI is InChI=1S/C7H11ClO3.CH2O3.2Na.2H/c8-5-3-1-2-4-6(9)7(10)11;2-1(3)4;;;;/h1-5H2,(H,10,11);(H2,2,3,4);;;;. The van der Waals surface area contributed by atoms with E-state index in [1.165, 1.54) is 0 Å². The molecule has 0 fully saturated rings. The van der Waals surface area contributed by atoms with Gasteiger partial charge in [-0.05, 0) is 12.8 Å². The molecule has 0 aliphatic carbocycles. The second-order valence-corrected chi connectivity index (χ2v) is 2.89. The van der Waals surface area contributed by atoms with Gasteiger partial charge in [-0.3, -0.25) is 4.79 Å². The molecule has 0 aromatic rings. The van der Waals surface area contributed by atoms with Crippen molar-refractivity contribution in [3.8, 4) is 0 Å². The second kappa shape index (κ2) is 19.0. The summed E-state index contributed by atoms with van der Waals surface area (Å²) >= 11 is 5.38. The van der Waals surface area contributed by atoms with E-state index in [4.69, 9.17) is 31.7 Å². The minimum atomic E-state index is -1.83. The molecule has 0 saturated heterocycles. The zero-order valence-corrected chi connectivity index (χ0v) is 8.74. The Morgan fingerprint density at radius 3 is 1.59 bits per heavy atom. The van der Waals surface area contributed by atoms with Crippen molar-refractivity contribution in [3.63, 3.8) is 0 Å². The zero-order chi connectivity index (χ0) is 12.3. The van der Waals surface area contributed by atoms with Crippen LogP contribution in [0.15, 0.2) is 0 Å². The molecule has 0 aliphatic rings. The number of carbonyl (C=O) groups excluding carboxylic acids is 1. The maximum atomic E-state index is 10.5. The summed E-state index contributed by atoms with van der Waals surface area (Å²) in [7, 11) is 0. The van der Waals surface area contributed by atoms with Crippen molar-refractivity contribution in [3.05, 3.63) is 0 Å². The number of aliphatic carboxylic acids is 1. The van der Waals surface area contributed by atoms with Crippen LogP contribution in [-0.4, -0.2) is 98.2 Å². The molecule has 0 heterocycles. The first-order valence-electron chi connectivity index (χ1n) is 4.15. The van der Waals surface area contributed by atoms with Crippen molar-refractivity contribution in [2.75, 3.05) is 5.88 Å². The molecular weight excluding hydrogens is 274 g/mol. The molecule has 0 radical (unpaired) electrons. The number of carboxylic acid groups (broad SMARTS) is 3. The van der Waals surface area contributed by atoms with Crippen LogP contribution in [0.4, 0.5) is 4.79 Å². The van der Waals surface area contributed by atoms with Crippen molar-refractivity contribution in [2.24, 2.45) is 0 Å². The third kappa shape index (κ3) is 31.5. The Labute approximate surface area is 148 Å².